The van der Waals surface area contributed by atoms with Crippen LogP contribution in [0.1, 0.15) is 21.7 Å². The van der Waals surface area contributed by atoms with Gasteiger partial charge in [-0.25, -0.2) is 9.97 Å². The number of nitrogens with one attached hydrogen (secondary N) is 1. The van der Waals surface area contributed by atoms with Crippen molar-refractivity contribution >= 4 is 11.9 Å². The molecule has 10 heteroatoms. The molecule has 28 heavy (non-hydrogen) atoms. The number of morpholine rings is 1. The van der Waals surface area contributed by atoms with Gasteiger partial charge in [-0.1, -0.05) is 0 Å². The number of rotatable bonds is 5. The van der Waals surface area contributed by atoms with Crippen LogP contribution >= 0.6 is 0 Å². The number of benzene rings is 1. The van der Waals surface area contributed by atoms with Crippen LogP contribution in [0.4, 0.5) is 19.1 Å². The highest BCUT2D eigenvalue weighted by atomic mass is 19.4. The van der Waals surface area contributed by atoms with Crippen LogP contribution in [0.2, 0.25) is 0 Å². The minimum atomic E-state index is -4.77. The Bertz CT molecular complexity index is 822. The van der Waals surface area contributed by atoms with Crippen molar-refractivity contribution in [3.63, 3.8) is 0 Å². The lowest BCUT2D eigenvalue weighted by Crippen LogP contribution is -2.37. The van der Waals surface area contributed by atoms with Gasteiger partial charge in [0.2, 0.25) is 5.95 Å². The normalized spacial score (nSPS) is 14.6. The molecule has 1 aliphatic rings. The minimum Gasteiger partial charge on any atom is -0.406 e. The van der Waals surface area contributed by atoms with E-state index in [1.165, 1.54) is 12.1 Å². The Hall–Kier alpha value is -2.88. The van der Waals surface area contributed by atoms with E-state index in [0.29, 0.717) is 37.9 Å². The maximum absolute atomic E-state index is 12.2. The first kappa shape index (κ1) is 19.9. The van der Waals surface area contributed by atoms with Crippen molar-refractivity contribution in [2.24, 2.45) is 0 Å². The third-order valence-corrected chi connectivity index (χ3v) is 3.97. The van der Waals surface area contributed by atoms with Gasteiger partial charge in [-0.15, -0.1) is 13.2 Å². The number of nitrogens with zero attached hydrogens (tertiary/aromatic N) is 3. The van der Waals surface area contributed by atoms with E-state index in [-0.39, 0.29) is 17.9 Å². The lowest BCUT2D eigenvalue weighted by atomic mass is 10.2. The lowest BCUT2D eigenvalue weighted by Gasteiger charge is -2.27. The number of ether oxygens (including phenoxy) is 2. The van der Waals surface area contributed by atoms with Gasteiger partial charge in [0.25, 0.3) is 5.91 Å². The standard InChI is InChI=1S/C18H19F3N4O3/c1-12-10-14(24-17(23-12)25-6-8-27-9-7-25)11-22-16(26)13-2-4-15(5-3-13)28-18(19,20)21/h2-5,10H,6-9,11H2,1H3,(H,22,26). The zero-order valence-electron chi connectivity index (χ0n) is 15.1. The third-order valence-electron chi connectivity index (χ3n) is 3.97. The van der Waals surface area contributed by atoms with E-state index >= 15 is 0 Å². The molecule has 7 nitrogen and oxygen atoms in total. The lowest BCUT2D eigenvalue weighted by molar-refractivity contribution is -0.274. The molecule has 1 N–H and O–H groups in total. The van der Waals surface area contributed by atoms with E-state index in [0.717, 1.165) is 17.8 Å². The van der Waals surface area contributed by atoms with Gasteiger partial charge in [0.15, 0.2) is 0 Å². The molecule has 1 saturated heterocycles. The first-order valence-electron chi connectivity index (χ1n) is 8.61. The smallest absolute Gasteiger partial charge is 0.406 e. The number of halogens is 3. The van der Waals surface area contributed by atoms with Crippen LogP contribution in [-0.2, 0) is 11.3 Å². The summed E-state index contributed by atoms with van der Waals surface area (Å²) in [5.41, 5.74) is 1.63. The fourth-order valence-electron chi connectivity index (χ4n) is 2.69. The molecule has 0 aliphatic carbocycles. The molecule has 3 rings (SSSR count). The molecule has 1 amide bonds. The molecule has 0 radical (unpaired) electrons. The predicted molar refractivity (Wildman–Crippen MR) is 94.1 cm³/mol. The quantitative estimate of drug-likeness (QED) is 0.837. The maximum Gasteiger partial charge on any atom is 0.573 e. The monoisotopic (exact) mass is 396 g/mol. The largest absolute Gasteiger partial charge is 0.573 e. The summed E-state index contributed by atoms with van der Waals surface area (Å²) in [5, 5.41) is 2.70. The molecule has 2 heterocycles. The number of aromatic nitrogens is 2. The van der Waals surface area contributed by atoms with Crippen molar-refractivity contribution < 1.29 is 27.4 Å². The number of alkyl halides is 3. The van der Waals surface area contributed by atoms with E-state index in [9.17, 15) is 18.0 Å². The highest BCUT2D eigenvalue weighted by Crippen LogP contribution is 2.22. The summed E-state index contributed by atoms with van der Waals surface area (Å²) in [6.07, 6.45) is -4.77. The van der Waals surface area contributed by atoms with E-state index in [4.69, 9.17) is 4.74 Å². The first-order valence-corrected chi connectivity index (χ1v) is 8.61. The molecule has 0 bridgehead atoms. The van der Waals surface area contributed by atoms with Crippen molar-refractivity contribution in [3.8, 4) is 5.75 Å². The molecule has 1 fully saturated rings. The molecular formula is C18H19F3N4O3. The first-order chi connectivity index (χ1) is 13.3. The molecule has 150 valence electrons. The number of hydrogen-bond donors (Lipinski definition) is 1. The van der Waals surface area contributed by atoms with Gasteiger partial charge in [-0.05, 0) is 37.3 Å². The Morgan fingerprint density at radius 3 is 2.54 bits per heavy atom. The Balaban J connectivity index is 1.62. The van der Waals surface area contributed by atoms with E-state index in [2.05, 4.69) is 20.0 Å². The Morgan fingerprint density at radius 2 is 1.89 bits per heavy atom. The van der Waals surface area contributed by atoms with Crippen molar-refractivity contribution in [1.29, 1.82) is 0 Å². The molecule has 1 aliphatic heterocycles. The van der Waals surface area contributed by atoms with Gasteiger partial charge >= 0.3 is 6.36 Å². The van der Waals surface area contributed by atoms with Crippen LogP contribution in [0.25, 0.3) is 0 Å². The SMILES string of the molecule is Cc1cc(CNC(=O)c2ccc(OC(F)(F)F)cc2)nc(N2CCOCC2)n1. The number of amides is 1. The molecule has 0 atom stereocenters. The number of carbonyl (C=O) groups is 1. The summed E-state index contributed by atoms with van der Waals surface area (Å²) in [6.45, 7) is 4.62. The summed E-state index contributed by atoms with van der Waals surface area (Å²) in [6, 6.07) is 6.48. The van der Waals surface area contributed by atoms with Crippen LogP contribution in [0.5, 0.6) is 5.75 Å². The summed E-state index contributed by atoms with van der Waals surface area (Å²) in [7, 11) is 0. The van der Waals surface area contributed by atoms with Crippen LogP contribution in [0, 0.1) is 6.92 Å². The van der Waals surface area contributed by atoms with Gasteiger partial charge in [0.05, 0.1) is 25.5 Å². The van der Waals surface area contributed by atoms with Crippen molar-refractivity contribution in [2.45, 2.75) is 19.8 Å². The van der Waals surface area contributed by atoms with Crippen LogP contribution in [0.15, 0.2) is 30.3 Å². The number of carbonyl (C=O) groups excluding carboxylic acids is 1. The molecule has 0 spiro atoms. The second-order valence-electron chi connectivity index (χ2n) is 6.15. The Morgan fingerprint density at radius 1 is 1.21 bits per heavy atom. The fraction of sp³-hybridized carbons (Fsp3) is 0.389. The molecule has 0 saturated carbocycles. The highest BCUT2D eigenvalue weighted by Gasteiger charge is 2.31. The van der Waals surface area contributed by atoms with E-state index in [1.54, 1.807) is 6.07 Å². The average molecular weight is 396 g/mol. The van der Waals surface area contributed by atoms with Gasteiger partial charge < -0.3 is 19.7 Å². The van der Waals surface area contributed by atoms with Gasteiger partial charge in [0.1, 0.15) is 5.75 Å². The highest BCUT2D eigenvalue weighted by molar-refractivity contribution is 5.94. The van der Waals surface area contributed by atoms with E-state index in [1.807, 2.05) is 11.8 Å². The Labute approximate surface area is 159 Å². The molecular weight excluding hydrogens is 377 g/mol. The van der Waals surface area contributed by atoms with Gasteiger partial charge in [-0.2, -0.15) is 0 Å². The number of aryl methyl sites for hydroxylation is 1. The van der Waals surface area contributed by atoms with Crippen molar-refractivity contribution in [3.05, 3.63) is 47.3 Å². The third kappa shape index (κ3) is 5.56. The second kappa shape index (κ2) is 8.42. The summed E-state index contributed by atoms with van der Waals surface area (Å²) < 4.78 is 45.7. The average Bonchev–Trinajstić information content (AvgIpc) is 2.66. The van der Waals surface area contributed by atoms with Crippen LogP contribution in [-0.4, -0.2) is 48.5 Å². The summed E-state index contributed by atoms with van der Waals surface area (Å²) >= 11 is 0. The molecule has 2 aromatic rings. The zero-order chi connectivity index (χ0) is 20.1. The summed E-state index contributed by atoms with van der Waals surface area (Å²) in [4.78, 5) is 23.2. The van der Waals surface area contributed by atoms with Crippen molar-refractivity contribution in [2.75, 3.05) is 31.2 Å². The maximum atomic E-state index is 12.2. The van der Waals surface area contributed by atoms with Crippen LogP contribution < -0.4 is 15.0 Å². The van der Waals surface area contributed by atoms with Crippen LogP contribution in [0.3, 0.4) is 0 Å². The van der Waals surface area contributed by atoms with E-state index < -0.39 is 12.3 Å². The number of hydrogen-bond acceptors (Lipinski definition) is 6. The van der Waals surface area contributed by atoms with Gasteiger partial charge in [-0.3, -0.25) is 4.79 Å². The predicted octanol–water partition coefficient (Wildman–Crippen LogP) is 2.45. The van der Waals surface area contributed by atoms with Crippen molar-refractivity contribution in [1.82, 2.24) is 15.3 Å². The minimum absolute atomic E-state index is 0.167. The second-order valence-corrected chi connectivity index (χ2v) is 6.15. The van der Waals surface area contributed by atoms with Gasteiger partial charge in [0, 0.05) is 24.3 Å². The number of anilines is 1. The molecule has 0 unspecified atom stereocenters. The Kier molecular flexibility index (Phi) is 5.98. The topological polar surface area (TPSA) is 76.6 Å². The summed E-state index contributed by atoms with van der Waals surface area (Å²) in [5.74, 6) is -0.227. The molecule has 1 aromatic carbocycles. The molecule has 1 aromatic heterocycles. The fourth-order valence-corrected chi connectivity index (χ4v) is 2.69. The zero-order valence-corrected chi connectivity index (χ0v) is 15.1.